The molecular formula is C19H21N5O3. The van der Waals surface area contributed by atoms with E-state index >= 15 is 0 Å². The summed E-state index contributed by atoms with van der Waals surface area (Å²) in [7, 11) is 0. The largest absolute Gasteiger partial charge is 0.354 e. The van der Waals surface area contributed by atoms with Gasteiger partial charge < -0.3 is 9.84 Å². The second-order valence-corrected chi connectivity index (χ2v) is 6.27. The van der Waals surface area contributed by atoms with E-state index in [-0.39, 0.29) is 12.5 Å². The lowest BCUT2D eigenvalue weighted by Gasteiger charge is -2.09. The highest BCUT2D eigenvalue weighted by Gasteiger charge is 2.10. The van der Waals surface area contributed by atoms with Gasteiger partial charge in [-0.3, -0.25) is 9.36 Å². The van der Waals surface area contributed by atoms with Crippen molar-refractivity contribution < 1.29 is 9.32 Å². The van der Waals surface area contributed by atoms with Crippen LogP contribution in [0.4, 0.5) is 0 Å². The van der Waals surface area contributed by atoms with Gasteiger partial charge in [0.15, 0.2) is 5.82 Å². The standard InChI is InChI=1S/C19H21N5O3/c1-13-10-14(2)24(19(26)21-13)12-17(25)20-9-8-18-22-16(23-27-18)11-15-6-4-3-5-7-15/h3-7,10H,8-9,11-12H2,1-2H3,(H,20,25). The number of carbonyl (C=O) groups is 1. The fourth-order valence-electron chi connectivity index (χ4n) is 2.72. The zero-order chi connectivity index (χ0) is 19.2. The maximum atomic E-state index is 12.1. The monoisotopic (exact) mass is 367 g/mol. The van der Waals surface area contributed by atoms with Crippen molar-refractivity contribution in [3.63, 3.8) is 0 Å². The van der Waals surface area contributed by atoms with E-state index in [1.165, 1.54) is 4.57 Å². The molecule has 0 spiro atoms. The molecule has 3 rings (SSSR count). The molecule has 8 nitrogen and oxygen atoms in total. The molecule has 2 aromatic heterocycles. The van der Waals surface area contributed by atoms with Gasteiger partial charge in [-0.1, -0.05) is 35.5 Å². The van der Waals surface area contributed by atoms with Gasteiger partial charge in [-0.2, -0.15) is 9.97 Å². The summed E-state index contributed by atoms with van der Waals surface area (Å²) >= 11 is 0. The van der Waals surface area contributed by atoms with Crippen molar-refractivity contribution in [2.24, 2.45) is 0 Å². The van der Waals surface area contributed by atoms with Crippen LogP contribution in [0.2, 0.25) is 0 Å². The Labute approximate surface area is 156 Å². The Morgan fingerprint density at radius 2 is 1.96 bits per heavy atom. The van der Waals surface area contributed by atoms with Gasteiger partial charge in [0.2, 0.25) is 11.8 Å². The molecule has 0 bridgehead atoms. The summed E-state index contributed by atoms with van der Waals surface area (Å²) in [5.74, 6) is 0.803. The second-order valence-electron chi connectivity index (χ2n) is 6.27. The zero-order valence-corrected chi connectivity index (χ0v) is 15.3. The Kier molecular flexibility index (Phi) is 5.75. The molecule has 1 N–H and O–H groups in total. The average molecular weight is 367 g/mol. The van der Waals surface area contributed by atoms with Crippen LogP contribution in [0.15, 0.2) is 45.7 Å². The van der Waals surface area contributed by atoms with Crippen molar-refractivity contribution >= 4 is 5.91 Å². The van der Waals surface area contributed by atoms with Crippen LogP contribution in [-0.4, -0.2) is 32.1 Å². The van der Waals surface area contributed by atoms with Crippen LogP contribution >= 0.6 is 0 Å². The second kappa shape index (κ2) is 8.39. The van der Waals surface area contributed by atoms with Crippen LogP contribution in [0.5, 0.6) is 0 Å². The van der Waals surface area contributed by atoms with Crippen LogP contribution in [-0.2, 0) is 24.2 Å². The molecule has 8 heteroatoms. The first-order valence-electron chi connectivity index (χ1n) is 8.68. The molecule has 140 valence electrons. The molecule has 0 aliphatic carbocycles. The van der Waals surface area contributed by atoms with Gasteiger partial charge in [-0.15, -0.1) is 0 Å². The number of amides is 1. The number of nitrogens with zero attached hydrogens (tertiary/aromatic N) is 4. The van der Waals surface area contributed by atoms with Crippen LogP contribution in [0.25, 0.3) is 0 Å². The lowest BCUT2D eigenvalue weighted by Crippen LogP contribution is -2.35. The van der Waals surface area contributed by atoms with Crippen LogP contribution < -0.4 is 11.0 Å². The molecule has 1 amide bonds. The first-order valence-corrected chi connectivity index (χ1v) is 8.68. The van der Waals surface area contributed by atoms with E-state index in [2.05, 4.69) is 20.4 Å². The summed E-state index contributed by atoms with van der Waals surface area (Å²) in [6.45, 7) is 3.80. The number of hydrogen-bond acceptors (Lipinski definition) is 6. The number of benzene rings is 1. The predicted octanol–water partition coefficient (Wildman–Crippen LogP) is 1.19. The third kappa shape index (κ3) is 5.10. The summed E-state index contributed by atoms with van der Waals surface area (Å²) in [4.78, 5) is 32.1. The minimum Gasteiger partial charge on any atom is -0.354 e. The molecule has 0 aliphatic rings. The van der Waals surface area contributed by atoms with E-state index in [1.54, 1.807) is 19.9 Å². The number of hydrogen-bond donors (Lipinski definition) is 1. The molecule has 0 unspecified atom stereocenters. The highest BCUT2D eigenvalue weighted by atomic mass is 16.5. The molecule has 27 heavy (non-hydrogen) atoms. The highest BCUT2D eigenvalue weighted by Crippen LogP contribution is 2.06. The van der Waals surface area contributed by atoms with Crippen molar-refractivity contribution in [2.75, 3.05) is 6.54 Å². The van der Waals surface area contributed by atoms with E-state index in [0.717, 1.165) is 5.56 Å². The van der Waals surface area contributed by atoms with E-state index in [0.29, 0.717) is 42.5 Å². The lowest BCUT2D eigenvalue weighted by molar-refractivity contribution is -0.121. The highest BCUT2D eigenvalue weighted by molar-refractivity contribution is 5.75. The van der Waals surface area contributed by atoms with Crippen molar-refractivity contribution in [3.8, 4) is 0 Å². The first-order chi connectivity index (χ1) is 13.0. The minimum atomic E-state index is -0.426. The van der Waals surface area contributed by atoms with E-state index in [4.69, 9.17) is 4.52 Å². The first kappa shape index (κ1) is 18.5. The SMILES string of the molecule is Cc1cc(C)n(CC(=O)NCCc2nc(Cc3ccccc3)no2)c(=O)n1. The number of aryl methyl sites for hydroxylation is 2. The molecule has 0 aliphatic heterocycles. The zero-order valence-electron chi connectivity index (χ0n) is 15.3. The smallest absolute Gasteiger partial charge is 0.348 e. The predicted molar refractivity (Wildman–Crippen MR) is 98.2 cm³/mol. The minimum absolute atomic E-state index is 0.0684. The van der Waals surface area contributed by atoms with Gasteiger partial charge in [0.1, 0.15) is 6.54 Å². The van der Waals surface area contributed by atoms with Gasteiger partial charge in [0.05, 0.1) is 0 Å². The molecular weight excluding hydrogens is 346 g/mol. The van der Waals surface area contributed by atoms with Crippen molar-refractivity contribution in [1.29, 1.82) is 0 Å². The van der Waals surface area contributed by atoms with Gasteiger partial charge in [0, 0.05) is 30.8 Å². The molecule has 0 atom stereocenters. The Morgan fingerprint density at radius 1 is 1.19 bits per heavy atom. The molecule has 0 radical (unpaired) electrons. The third-order valence-corrected chi connectivity index (χ3v) is 4.02. The maximum Gasteiger partial charge on any atom is 0.348 e. The van der Waals surface area contributed by atoms with Gasteiger partial charge >= 0.3 is 5.69 Å². The Balaban J connectivity index is 1.49. The van der Waals surface area contributed by atoms with Crippen LogP contribution in [0.3, 0.4) is 0 Å². The Bertz CT molecular complexity index is 979. The molecule has 0 saturated carbocycles. The summed E-state index contributed by atoms with van der Waals surface area (Å²) in [5.41, 5.74) is 2.01. The number of aromatic nitrogens is 4. The molecule has 0 fully saturated rings. The normalized spacial score (nSPS) is 10.7. The van der Waals surface area contributed by atoms with Crippen LogP contribution in [0, 0.1) is 13.8 Å². The fraction of sp³-hybridized carbons (Fsp3) is 0.316. The van der Waals surface area contributed by atoms with Crippen molar-refractivity contribution in [3.05, 3.63) is 75.5 Å². The lowest BCUT2D eigenvalue weighted by atomic mass is 10.1. The van der Waals surface area contributed by atoms with Gasteiger partial charge in [-0.05, 0) is 25.5 Å². The van der Waals surface area contributed by atoms with Gasteiger partial charge in [0.25, 0.3) is 0 Å². The summed E-state index contributed by atoms with van der Waals surface area (Å²) < 4.78 is 6.55. The average Bonchev–Trinajstić information content (AvgIpc) is 3.06. The number of rotatable bonds is 7. The third-order valence-electron chi connectivity index (χ3n) is 4.02. The Hall–Kier alpha value is -3.29. The molecule has 3 aromatic rings. The fourth-order valence-corrected chi connectivity index (χ4v) is 2.72. The van der Waals surface area contributed by atoms with Crippen molar-refractivity contribution in [2.45, 2.75) is 33.2 Å². The topological polar surface area (TPSA) is 103 Å². The molecule has 1 aromatic carbocycles. The molecule has 0 saturated heterocycles. The van der Waals surface area contributed by atoms with Crippen LogP contribution in [0.1, 0.15) is 28.7 Å². The van der Waals surface area contributed by atoms with Gasteiger partial charge in [-0.25, -0.2) is 4.79 Å². The summed E-state index contributed by atoms with van der Waals surface area (Å²) in [6.07, 6.45) is 1.02. The molecule has 2 heterocycles. The quantitative estimate of drug-likeness (QED) is 0.673. The van der Waals surface area contributed by atoms with E-state index in [9.17, 15) is 9.59 Å². The van der Waals surface area contributed by atoms with E-state index < -0.39 is 5.69 Å². The van der Waals surface area contributed by atoms with E-state index in [1.807, 2.05) is 30.3 Å². The Morgan fingerprint density at radius 3 is 2.70 bits per heavy atom. The summed E-state index contributed by atoms with van der Waals surface area (Å²) in [6, 6.07) is 11.6. The number of carbonyl (C=O) groups excluding carboxylic acids is 1. The number of nitrogens with one attached hydrogen (secondary N) is 1. The summed E-state index contributed by atoms with van der Waals surface area (Å²) in [5, 5.41) is 6.71. The maximum absolute atomic E-state index is 12.1. The van der Waals surface area contributed by atoms with Crippen molar-refractivity contribution in [1.82, 2.24) is 25.0 Å².